The van der Waals surface area contributed by atoms with E-state index in [4.69, 9.17) is 28.0 Å². The molecule has 35 heavy (non-hydrogen) atoms. The van der Waals surface area contributed by atoms with E-state index in [1.54, 1.807) is 12.1 Å². The number of oxime groups is 1. The molecule has 1 saturated heterocycles. The Morgan fingerprint density at radius 1 is 1.20 bits per heavy atom. The molecule has 2 N–H and O–H groups in total. The number of carbonyl (C=O) groups is 2. The Morgan fingerprint density at radius 3 is 2.60 bits per heavy atom. The maximum atomic E-state index is 14.2. The van der Waals surface area contributed by atoms with Crippen molar-refractivity contribution in [3.05, 3.63) is 62.6 Å². The lowest BCUT2D eigenvalue weighted by atomic mass is 9.88. The van der Waals surface area contributed by atoms with Crippen LogP contribution in [0.25, 0.3) is 10.2 Å². The second kappa shape index (κ2) is 8.65. The molecule has 1 aromatic carbocycles. The molecule has 7 nitrogen and oxygen atoms in total. The second-order valence-corrected chi connectivity index (χ2v) is 10.0. The minimum Gasteiger partial charge on any atom is -0.374 e. The normalized spacial score (nSPS) is 22.1. The molecular formula is C22H15Cl2F3N4O3S. The molecule has 0 spiro atoms. The van der Waals surface area contributed by atoms with E-state index >= 15 is 0 Å². The molecule has 13 heteroatoms. The van der Waals surface area contributed by atoms with E-state index < -0.39 is 30.1 Å². The van der Waals surface area contributed by atoms with Crippen LogP contribution in [0.15, 0.2) is 41.7 Å². The highest BCUT2D eigenvalue weighted by Crippen LogP contribution is 2.50. The van der Waals surface area contributed by atoms with Gasteiger partial charge in [0.2, 0.25) is 5.91 Å². The van der Waals surface area contributed by atoms with Gasteiger partial charge in [-0.3, -0.25) is 9.59 Å². The van der Waals surface area contributed by atoms with Gasteiger partial charge in [-0.25, -0.2) is 4.98 Å². The number of fused-ring (bicyclic) bond motifs is 1. The summed E-state index contributed by atoms with van der Waals surface area (Å²) in [4.78, 5) is 34.5. The number of pyridine rings is 1. The van der Waals surface area contributed by atoms with Gasteiger partial charge in [-0.05, 0) is 36.8 Å². The average Bonchev–Trinajstić information content (AvgIpc) is 3.50. The van der Waals surface area contributed by atoms with Crippen molar-refractivity contribution in [3.8, 4) is 0 Å². The van der Waals surface area contributed by atoms with E-state index in [2.05, 4.69) is 20.8 Å². The summed E-state index contributed by atoms with van der Waals surface area (Å²) in [6, 6.07) is 6.19. The Kier molecular flexibility index (Phi) is 5.89. The molecule has 2 atom stereocenters. The molecule has 5 rings (SSSR count). The van der Waals surface area contributed by atoms with E-state index in [1.807, 2.05) is 0 Å². The monoisotopic (exact) mass is 542 g/mol. The largest absolute Gasteiger partial charge is 0.435 e. The van der Waals surface area contributed by atoms with Crippen LogP contribution in [-0.4, -0.2) is 41.3 Å². The topological polar surface area (TPSA) is 92.7 Å². The lowest BCUT2D eigenvalue weighted by molar-refractivity contribution is -0.275. The van der Waals surface area contributed by atoms with Gasteiger partial charge in [-0.2, -0.15) is 13.2 Å². The maximum absolute atomic E-state index is 14.2. The summed E-state index contributed by atoms with van der Waals surface area (Å²) in [5.74, 6) is -0.719. The van der Waals surface area contributed by atoms with Crippen molar-refractivity contribution < 1.29 is 27.6 Å². The number of carbonyl (C=O) groups excluding carboxylic acids is 2. The van der Waals surface area contributed by atoms with Crippen LogP contribution in [0.2, 0.25) is 10.0 Å². The van der Waals surface area contributed by atoms with Crippen LogP contribution in [0.1, 0.15) is 33.6 Å². The highest BCUT2D eigenvalue weighted by atomic mass is 35.5. The zero-order chi connectivity index (χ0) is 25.0. The lowest BCUT2D eigenvalue weighted by Crippen LogP contribution is -2.42. The van der Waals surface area contributed by atoms with Gasteiger partial charge in [0, 0.05) is 33.7 Å². The second-order valence-electron chi connectivity index (χ2n) is 8.12. The molecule has 0 aliphatic carbocycles. The molecule has 1 fully saturated rings. The summed E-state index contributed by atoms with van der Waals surface area (Å²) in [6.07, 6.45) is -3.56. The van der Waals surface area contributed by atoms with Crippen molar-refractivity contribution in [3.63, 3.8) is 0 Å². The van der Waals surface area contributed by atoms with E-state index in [0.717, 1.165) is 23.5 Å². The van der Waals surface area contributed by atoms with Crippen LogP contribution >= 0.6 is 34.5 Å². The molecule has 0 bridgehead atoms. The van der Waals surface area contributed by atoms with E-state index in [0.29, 0.717) is 28.1 Å². The van der Waals surface area contributed by atoms with E-state index in [-0.39, 0.29) is 32.8 Å². The third-order valence-electron chi connectivity index (χ3n) is 5.79. The summed E-state index contributed by atoms with van der Waals surface area (Å²) in [6.45, 7) is 0.486. The first-order valence-electron chi connectivity index (χ1n) is 10.3. The summed E-state index contributed by atoms with van der Waals surface area (Å²) in [5.41, 5.74) is -2.69. The smallest absolute Gasteiger partial charge is 0.374 e. The molecule has 0 saturated carbocycles. The molecular weight excluding hydrogens is 528 g/mol. The number of nitrogens with one attached hydrogen (secondary N) is 2. The average molecular weight is 543 g/mol. The Bertz CT molecular complexity index is 1370. The Labute approximate surface area is 210 Å². The molecule has 4 heterocycles. The van der Waals surface area contributed by atoms with Gasteiger partial charge in [0.05, 0.1) is 16.9 Å². The molecule has 1 unspecified atom stereocenters. The number of rotatable bonds is 4. The number of aromatic nitrogens is 1. The van der Waals surface area contributed by atoms with Crippen LogP contribution in [0.3, 0.4) is 0 Å². The van der Waals surface area contributed by atoms with Crippen LogP contribution in [-0.2, 0) is 15.2 Å². The summed E-state index contributed by atoms with van der Waals surface area (Å²) < 4.78 is 42.7. The maximum Gasteiger partial charge on any atom is 0.435 e. The first kappa shape index (κ1) is 23.8. The van der Waals surface area contributed by atoms with Gasteiger partial charge < -0.3 is 15.5 Å². The first-order chi connectivity index (χ1) is 16.6. The molecule has 2 aromatic heterocycles. The number of alkyl halides is 3. The number of halogens is 5. The van der Waals surface area contributed by atoms with Crippen molar-refractivity contribution in [2.24, 2.45) is 5.16 Å². The molecule has 2 aliphatic heterocycles. The van der Waals surface area contributed by atoms with Gasteiger partial charge in [0.15, 0.2) is 0 Å². The van der Waals surface area contributed by atoms with E-state index in [9.17, 15) is 22.8 Å². The van der Waals surface area contributed by atoms with Crippen molar-refractivity contribution in [2.75, 3.05) is 6.54 Å². The minimum absolute atomic E-state index is 0.0418. The minimum atomic E-state index is -4.81. The third kappa shape index (κ3) is 4.32. The van der Waals surface area contributed by atoms with Gasteiger partial charge in [-0.1, -0.05) is 28.4 Å². The summed E-state index contributed by atoms with van der Waals surface area (Å²) in [5, 5.41) is 9.68. The van der Waals surface area contributed by atoms with Crippen molar-refractivity contribution in [2.45, 2.75) is 30.7 Å². The predicted molar refractivity (Wildman–Crippen MR) is 125 cm³/mol. The molecule has 182 valence electrons. The van der Waals surface area contributed by atoms with Crippen LogP contribution in [0.5, 0.6) is 0 Å². The van der Waals surface area contributed by atoms with Crippen molar-refractivity contribution in [1.82, 2.24) is 15.6 Å². The summed E-state index contributed by atoms with van der Waals surface area (Å²) in [7, 11) is 0. The van der Waals surface area contributed by atoms with Gasteiger partial charge >= 0.3 is 6.18 Å². The molecule has 2 aliphatic rings. The number of hydrogen-bond acceptors (Lipinski definition) is 6. The van der Waals surface area contributed by atoms with Crippen molar-refractivity contribution in [1.29, 1.82) is 0 Å². The molecule has 3 aromatic rings. The number of nitrogens with zero attached hydrogens (tertiary/aromatic N) is 2. The van der Waals surface area contributed by atoms with Crippen LogP contribution < -0.4 is 10.6 Å². The third-order valence-corrected chi connectivity index (χ3v) is 7.33. The highest BCUT2D eigenvalue weighted by molar-refractivity contribution is 7.20. The summed E-state index contributed by atoms with van der Waals surface area (Å²) >= 11 is 13.0. The highest BCUT2D eigenvalue weighted by Gasteiger charge is 2.62. The zero-order valence-electron chi connectivity index (χ0n) is 17.6. The Balaban J connectivity index is 1.42. The molecule has 0 radical (unpaired) electrons. The van der Waals surface area contributed by atoms with Gasteiger partial charge in [-0.15, -0.1) is 11.3 Å². The Morgan fingerprint density at radius 2 is 1.94 bits per heavy atom. The van der Waals surface area contributed by atoms with E-state index in [1.165, 1.54) is 12.3 Å². The Hall–Kier alpha value is -2.89. The number of thiophene rings is 1. The fourth-order valence-corrected chi connectivity index (χ4v) is 5.48. The lowest BCUT2D eigenvalue weighted by Gasteiger charge is -2.29. The van der Waals surface area contributed by atoms with Crippen molar-refractivity contribution >= 4 is 62.3 Å². The standard InChI is InChI=1S/C22H15Cl2F3N4O3S/c23-13-5-12(6-14(24)7-13)21(22(25,26)27)8-16(31-34-21)17-4-10-3-11(9-29-20(10)35-17)18(32)30-15-1-2-28-19(15)33/h3-7,9,15H,1-2,8H2,(H,28,33)(H,30,32)/t15-,21?/m1/s1. The zero-order valence-corrected chi connectivity index (χ0v) is 19.9. The first-order valence-corrected chi connectivity index (χ1v) is 11.9. The number of hydrogen-bond donors (Lipinski definition) is 2. The fraction of sp³-hybridized carbons (Fsp3) is 0.273. The number of benzene rings is 1. The van der Waals surface area contributed by atoms with Crippen LogP contribution in [0.4, 0.5) is 13.2 Å². The predicted octanol–water partition coefficient (Wildman–Crippen LogP) is 4.80. The SMILES string of the molecule is O=C(N[C@@H]1CCNC1=O)c1cnc2sc(C3=NOC(c4cc(Cl)cc(Cl)c4)(C(F)(F)F)C3)cc2c1. The van der Waals surface area contributed by atoms with Crippen LogP contribution in [0, 0.1) is 0 Å². The van der Waals surface area contributed by atoms with Gasteiger partial charge in [0.25, 0.3) is 11.5 Å². The number of amides is 2. The quantitative estimate of drug-likeness (QED) is 0.495. The van der Waals surface area contributed by atoms with Gasteiger partial charge in [0.1, 0.15) is 16.6 Å². The molecule has 2 amide bonds. The fourth-order valence-electron chi connectivity index (χ4n) is 4.00.